The van der Waals surface area contributed by atoms with Gasteiger partial charge in [-0.25, -0.2) is 19.4 Å². The van der Waals surface area contributed by atoms with E-state index in [9.17, 15) is 19.5 Å². The highest BCUT2D eigenvalue weighted by Gasteiger charge is 2.51. The summed E-state index contributed by atoms with van der Waals surface area (Å²) in [6.45, 7) is 10.8. The molecular weight excluding hydrogens is 446 g/mol. The van der Waals surface area contributed by atoms with Crippen molar-refractivity contribution in [1.82, 2.24) is 9.88 Å². The van der Waals surface area contributed by atoms with Crippen molar-refractivity contribution in [1.29, 1.82) is 0 Å². The fourth-order valence-corrected chi connectivity index (χ4v) is 3.52. The number of carbonyl (C=O) groups excluding carboxylic acids is 2. The predicted molar refractivity (Wildman–Crippen MR) is 126 cm³/mol. The Morgan fingerprint density at radius 1 is 0.939 bits per heavy atom. The van der Waals surface area contributed by atoms with Crippen LogP contribution in [0.3, 0.4) is 0 Å². The minimum Gasteiger partial charge on any atom is -0.479 e. The van der Waals surface area contributed by atoms with E-state index in [1.165, 1.54) is 18.3 Å². The zero-order chi connectivity index (χ0) is 25.0. The molecule has 1 aromatic heterocycles. The Morgan fingerprint density at radius 2 is 1.45 bits per heavy atom. The average molecular weight is 478 g/mol. The molecule has 9 nitrogen and oxygen atoms in total. The largest absolute Gasteiger partial charge is 0.479 e. The van der Waals surface area contributed by atoms with Gasteiger partial charge in [-0.05, 0) is 60.6 Å². The number of thiazole rings is 1. The van der Waals surface area contributed by atoms with Crippen LogP contribution in [0.4, 0.5) is 20.4 Å². The fourth-order valence-electron chi connectivity index (χ4n) is 2.86. The van der Waals surface area contributed by atoms with Gasteiger partial charge in [0.2, 0.25) is 0 Å². The third-order valence-corrected chi connectivity index (χ3v) is 5.08. The van der Waals surface area contributed by atoms with Gasteiger partial charge in [0.25, 0.3) is 0 Å². The minimum atomic E-state index is -2.06. The normalized spacial score (nSPS) is 13.5. The summed E-state index contributed by atoms with van der Waals surface area (Å²) < 4.78 is 10.8. The number of aliphatic carboxylic acids is 1. The molecule has 0 radical (unpaired) electrons. The number of nitrogens with zero attached hydrogens (tertiary/aromatic N) is 3. The van der Waals surface area contributed by atoms with Crippen LogP contribution in [0.2, 0.25) is 0 Å². The second-order valence-electron chi connectivity index (χ2n) is 9.61. The second-order valence-corrected chi connectivity index (χ2v) is 10.5. The molecule has 0 saturated heterocycles. The predicted octanol–water partition coefficient (Wildman–Crippen LogP) is 5.30. The zero-order valence-electron chi connectivity index (χ0n) is 20.0. The smallest absolute Gasteiger partial charge is 0.420 e. The molecule has 0 aliphatic carbocycles. The number of carboxylic acid groups (broad SMARTS) is 1. The van der Waals surface area contributed by atoms with E-state index in [2.05, 4.69) is 4.98 Å². The second kappa shape index (κ2) is 9.78. The maximum absolute atomic E-state index is 13.1. The van der Waals surface area contributed by atoms with Crippen molar-refractivity contribution in [3.63, 3.8) is 0 Å². The van der Waals surface area contributed by atoms with E-state index in [4.69, 9.17) is 9.47 Å². The number of anilines is 2. The number of carbonyl (C=O) groups is 3. The van der Waals surface area contributed by atoms with Crippen LogP contribution in [-0.4, -0.2) is 56.4 Å². The summed E-state index contributed by atoms with van der Waals surface area (Å²) in [7, 11) is 0. The molecular formula is C23H31N3O6S. The Bertz CT molecular complexity index is 938. The Balaban J connectivity index is 2.59. The van der Waals surface area contributed by atoms with Crippen LogP contribution in [0.25, 0.3) is 0 Å². The van der Waals surface area contributed by atoms with Gasteiger partial charge in [0.1, 0.15) is 11.2 Å². The van der Waals surface area contributed by atoms with E-state index < -0.39 is 34.9 Å². The minimum absolute atomic E-state index is 0.293. The van der Waals surface area contributed by atoms with Crippen LogP contribution in [0.1, 0.15) is 48.5 Å². The number of aromatic nitrogens is 1. The first-order valence-electron chi connectivity index (χ1n) is 10.4. The van der Waals surface area contributed by atoms with Gasteiger partial charge in [0, 0.05) is 17.3 Å². The van der Waals surface area contributed by atoms with Crippen LogP contribution in [0.15, 0.2) is 41.9 Å². The van der Waals surface area contributed by atoms with Gasteiger partial charge in [-0.2, -0.15) is 4.90 Å². The summed E-state index contributed by atoms with van der Waals surface area (Å²) in [6, 6.07) is 9.00. The molecule has 33 heavy (non-hydrogen) atoms. The highest BCUT2D eigenvalue weighted by atomic mass is 32.1. The molecule has 0 aliphatic heterocycles. The highest BCUT2D eigenvalue weighted by Crippen LogP contribution is 2.32. The van der Waals surface area contributed by atoms with Crippen LogP contribution in [0, 0.1) is 0 Å². The molecule has 0 fully saturated rings. The molecule has 0 spiro atoms. The molecule has 10 heteroatoms. The molecule has 0 bridgehead atoms. The Hall–Kier alpha value is -3.14. The summed E-state index contributed by atoms with van der Waals surface area (Å²) in [4.78, 5) is 45.4. The van der Waals surface area contributed by atoms with Gasteiger partial charge in [-0.15, -0.1) is 11.3 Å². The monoisotopic (exact) mass is 477 g/mol. The summed E-state index contributed by atoms with van der Waals surface area (Å²) >= 11 is 1.30. The summed E-state index contributed by atoms with van der Waals surface area (Å²) in [5, 5.41) is 12.5. The lowest BCUT2D eigenvalue weighted by atomic mass is 9.99. The molecule has 1 atom stereocenters. The first-order chi connectivity index (χ1) is 15.1. The van der Waals surface area contributed by atoms with Crippen molar-refractivity contribution in [3.05, 3.63) is 41.9 Å². The standard InChI is InChI=1S/C23H31N3O6S/c1-21(2,3)31-19(29)26(20(30)32-22(4,5)6)23(7,17(27)28)15-25(18-24-13-14-33-18)16-11-9-8-10-12-16/h8-14H,15H2,1-7H3,(H,27,28). The van der Waals surface area contributed by atoms with Crippen molar-refractivity contribution in [3.8, 4) is 0 Å². The average Bonchev–Trinajstić information content (AvgIpc) is 3.18. The van der Waals surface area contributed by atoms with Crippen LogP contribution in [-0.2, 0) is 14.3 Å². The number of ether oxygens (including phenoxy) is 2. The Kier molecular flexibility index (Phi) is 7.74. The zero-order valence-corrected chi connectivity index (χ0v) is 20.8. The lowest BCUT2D eigenvalue weighted by Gasteiger charge is -2.40. The molecule has 1 N–H and O–H groups in total. The number of para-hydroxylation sites is 1. The number of benzene rings is 1. The number of imide groups is 1. The van der Waals surface area contributed by atoms with Gasteiger partial charge in [-0.3, -0.25) is 0 Å². The van der Waals surface area contributed by atoms with Gasteiger partial charge in [-0.1, -0.05) is 18.2 Å². The molecule has 1 heterocycles. The molecule has 2 rings (SSSR count). The van der Waals surface area contributed by atoms with Crippen LogP contribution in [0.5, 0.6) is 0 Å². The third kappa shape index (κ3) is 6.92. The molecule has 0 aliphatic rings. The summed E-state index contributed by atoms with van der Waals surface area (Å²) in [5.41, 5.74) is -3.35. The lowest BCUT2D eigenvalue weighted by molar-refractivity contribution is -0.149. The van der Waals surface area contributed by atoms with Crippen molar-refractivity contribution in [2.24, 2.45) is 0 Å². The van der Waals surface area contributed by atoms with E-state index in [-0.39, 0.29) is 6.54 Å². The lowest BCUT2D eigenvalue weighted by Crippen LogP contribution is -2.63. The molecule has 0 saturated carbocycles. The van der Waals surface area contributed by atoms with Crippen molar-refractivity contribution < 1.29 is 29.0 Å². The first kappa shape index (κ1) is 26.1. The Labute approximate surface area is 197 Å². The van der Waals surface area contributed by atoms with Crippen molar-refractivity contribution >= 4 is 40.3 Å². The number of hydrogen-bond donors (Lipinski definition) is 1. The maximum atomic E-state index is 13.1. The molecule has 2 amide bonds. The SMILES string of the molecule is CC(C)(C)OC(=O)N(C(=O)OC(C)(C)C)C(C)(CN(c1ccccc1)c1nccs1)C(=O)O. The van der Waals surface area contributed by atoms with Crippen LogP contribution < -0.4 is 4.90 Å². The van der Waals surface area contributed by atoms with Gasteiger partial charge < -0.3 is 19.5 Å². The maximum Gasteiger partial charge on any atom is 0.420 e. The summed E-state index contributed by atoms with van der Waals surface area (Å²) in [6.07, 6.45) is -0.643. The molecule has 1 aromatic carbocycles. The quantitative estimate of drug-likeness (QED) is 0.597. The topological polar surface area (TPSA) is 109 Å². The van der Waals surface area contributed by atoms with E-state index in [1.54, 1.807) is 82.3 Å². The van der Waals surface area contributed by atoms with Crippen molar-refractivity contribution in [2.45, 2.75) is 65.2 Å². The number of amides is 2. The van der Waals surface area contributed by atoms with Crippen molar-refractivity contribution in [2.75, 3.05) is 11.4 Å². The summed E-state index contributed by atoms with van der Waals surface area (Å²) in [5.74, 6) is -1.41. The number of hydrogen-bond acceptors (Lipinski definition) is 8. The number of rotatable bonds is 6. The van der Waals surface area contributed by atoms with Gasteiger partial charge in [0.05, 0.1) is 6.54 Å². The van der Waals surface area contributed by atoms with E-state index >= 15 is 0 Å². The number of carboxylic acids is 1. The van der Waals surface area contributed by atoms with E-state index in [0.29, 0.717) is 15.7 Å². The Morgan fingerprint density at radius 3 is 1.85 bits per heavy atom. The molecule has 2 aromatic rings. The van der Waals surface area contributed by atoms with E-state index in [1.807, 2.05) is 6.07 Å². The molecule has 180 valence electrons. The van der Waals surface area contributed by atoms with E-state index in [0.717, 1.165) is 0 Å². The van der Waals surface area contributed by atoms with Gasteiger partial charge in [0.15, 0.2) is 10.7 Å². The highest BCUT2D eigenvalue weighted by molar-refractivity contribution is 7.13. The first-order valence-corrected chi connectivity index (χ1v) is 11.2. The third-order valence-electron chi connectivity index (χ3n) is 4.29. The van der Waals surface area contributed by atoms with Gasteiger partial charge >= 0.3 is 18.2 Å². The fraction of sp³-hybridized carbons (Fsp3) is 0.478. The molecule has 1 unspecified atom stereocenters. The van der Waals surface area contributed by atoms with Crippen LogP contribution >= 0.6 is 11.3 Å².